The minimum absolute atomic E-state index is 0.215. The lowest BCUT2D eigenvalue weighted by molar-refractivity contribution is 0.0559. The zero-order chi connectivity index (χ0) is 9.52. The smallest absolute Gasteiger partial charge is 0.0906 e. The fourth-order valence-corrected chi connectivity index (χ4v) is 1.78. The summed E-state index contributed by atoms with van der Waals surface area (Å²) in [5, 5.41) is 3.36. The summed E-state index contributed by atoms with van der Waals surface area (Å²) in [7, 11) is 0. The quantitative estimate of drug-likeness (QED) is 0.665. The molecule has 0 radical (unpaired) electrons. The molecule has 1 atom stereocenters. The molecule has 0 amide bonds. The van der Waals surface area contributed by atoms with Crippen molar-refractivity contribution in [2.24, 2.45) is 5.92 Å². The van der Waals surface area contributed by atoms with Gasteiger partial charge in [-0.15, -0.1) is 0 Å². The largest absolute Gasteiger partial charge is 0.381 e. The maximum atomic E-state index is 11.8. The van der Waals surface area contributed by atoms with Gasteiger partial charge in [0, 0.05) is 19.3 Å². The Morgan fingerprint density at radius 2 is 2.15 bits per heavy atom. The van der Waals surface area contributed by atoms with Gasteiger partial charge in [-0.2, -0.15) is 0 Å². The second-order valence-electron chi connectivity index (χ2n) is 3.74. The van der Waals surface area contributed by atoms with Gasteiger partial charge in [0.15, 0.2) is 0 Å². The number of rotatable bonds is 5. The number of nitrogens with one attached hydrogen (secondary N) is 1. The van der Waals surface area contributed by atoms with Gasteiger partial charge < -0.3 is 10.1 Å². The van der Waals surface area contributed by atoms with Crippen LogP contribution in [0.1, 0.15) is 26.2 Å². The predicted octanol–water partition coefficient (Wildman–Crippen LogP) is 1.75. The summed E-state index contributed by atoms with van der Waals surface area (Å²) in [6.45, 7) is 4.55. The van der Waals surface area contributed by atoms with E-state index in [9.17, 15) is 4.39 Å². The number of alkyl halides is 1. The Labute approximate surface area is 79.8 Å². The Bertz CT molecular complexity index is 126. The molecule has 0 bridgehead atoms. The van der Waals surface area contributed by atoms with Crippen LogP contribution < -0.4 is 5.32 Å². The van der Waals surface area contributed by atoms with Gasteiger partial charge in [-0.1, -0.05) is 0 Å². The molecule has 0 spiro atoms. The van der Waals surface area contributed by atoms with E-state index in [0.717, 1.165) is 32.6 Å². The van der Waals surface area contributed by atoms with Gasteiger partial charge in [0.25, 0.3) is 0 Å². The molecule has 1 saturated heterocycles. The number of ether oxygens (including phenoxy) is 1. The van der Waals surface area contributed by atoms with Crippen molar-refractivity contribution in [3.63, 3.8) is 0 Å². The molecule has 0 aromatic heterocycles. The molecule has 1 fully saturated rings. The molecular formula is C10H20FNO. The zero-order valence-electron chi connectivity index (χ0n) is 8.39. The van der Waals surface area contributed by atoms with Crippen LogP contribution >= 0.6 is 0 Å². The van der Waals surface area contributed by atoms with Crippen molar-refractivity contribution in [2.75, 3.05) is 26.4 Å². The third-order valence-electron chi connectivity index (χ3n) is 2.75. The minimum Gasteiger partial charge on any atom is -0.381 e. The van der Waals surface area contributed by atoms with Crippen molar-refractivity contribution in [3.05, 3.63) is 0 Å². The molecule has 0 aromatic rings. The predicted molar refractivity (Wildman–Crippen MR) is 51.6 cm³/mol. The number of hydrogen-bond donors (Lipinski definition) is 1. The van der Waals surface area contributed by atoms with Crippen molar-refractivity contribution < 1.29 is 9.13 Å². The fraction of sp³-hybridized carbons (Fsp3) is 1.00. The van der Waals surface area contributed by atoms with Crippen LogP contribution in [0.5, 0.6) is 0 Å². The van der Waals surface area contributed by atoms with Gasteiger partial charge in [-0.05, 0) is 38.6 Å². The third-order valence-corrected chi connectivity index (χ3v) is 2.75. The first-order chi connectivity index (χ1) is 6.34. The van der Waals surface area contributed by atoms with E-state index in [-0.39, 0.29) is 6.67 Å². The first-order valence-corrected chi connectivity index (χ1v) is 5.21. The molecule has 1 heterocycles. The van der Waals surface area contributed by atoms with Crippen LogP contribution in [0.4, 0.5) is 4.39 Å². The van der Waals surface area contributed by atoms with Gasteiger partial charge in [0.05, 0.1) is 6.67 Å². The summed E-state index contributed by atoms with van der Waals surface area (Å²) >= 11 is 0. The Hall–Kier alpha value is -0.150. The Morgan fingerprint density at radius 3 is 2.77 bits per heavy atom. The highest BCUT2D eigenvalue weighted by Gasteiger charge is 2.19. The van der Waals surface area contributed by atoms with E-state index in [1.165, 1.54) is 0 Å². The molecule has 78 valence electrons. The van der Waals surface area contributed by atoms with Crippen LogP contribution in [0, 0.1) is 5.92 Å². The Kier molecular flexibility index (Phi) is 5.32. The van der Waals surface area contributed by atoms with Gasteiger partial charge in [0.2, 0.25) is 0 Å². The van der Waals surface area contributed by atoms with E-state index >= 15 is 0 Å². The van der Waals surface area contributed by atoms with Gasteiger partial charge >= 0.3 is 0 Å². The normalized spacial score (nSPS) is 21.7. The van der Waals surface area contributed by atoms with Crippen LogP contribution in [-0.4, -0.2) is 32.5 Å². The molecule has 1 unspecified atom stereocenters. The minimum atomic E-state index is -0.215. The molecule has 13 heavy (non-hydrogen) atoms. The molecule has 1 rings (SSSR count). The second-order valence-corrected chi connectivity index (χ2v) is 3.74. The summed E-state index contributed by atoms with van der Waals surface area (Å²) in [4.78, 5) is 0. The molecular weight excluding hydrogens is 169 g/mol. The average molecular weight is 189 g/mol. The third kappa shape index (κ3) is 4.05. The summed E-state index contributed by atoms with van der Waals surface area (Å²) in [6, 6.07) is 0.510. The van der Waals surface area contributed by atoms with Crippen molar-refractivity contribution in [1.29, 1.82) is 0 Å². The summed E-state index contributed by atoms with van der Waals surface area (Å²) in [5.41, 5.74) is 0. The van der Waals surface area contributed by atoms with Crippen molar-refractivity contribution in [2.45, 2.75) is 32.2 Å². The first-order valence-electron chi connectivity index (χ1n) is 5.21. The Morgan fingerprint density at radius 1 is 1.46 bits per heavy atom. The van der Waals surface area contributed by atoms with Gasteiger partial charge in [0.1, 0.15) is 0 Å². The molecule has 1 N–H and O–H groups in total. The lowest BCUT2D eigenvalue weighted by Gasteiger charge is -2.28. The highest BCUT2D eigenvalue weighted by molar-refractivity contribution is 4.74. The van der Waals surface area contributed by atoms with Crippen LogP contribution in [-0.2, 0) is 4.74 Å². The van der Waals surface area contributed by atoms with Crippen molar-refractivity contribution >= 4 is 0 Å². The van der Waals surface area contributed by atoms with E-state index in [0.29, 0.717) is 18.4 Å². The average Bonchev–Trinajstić information content (AvgIpc) is 2.19. The van der Waals surface area contributed by atoms with Crippen LogP contribution in [0.2, 0.25) is 0 Å². The Balaban J connectivity index is 2.09. The van der Waals surface area contributed by atoms with E-state index < -0.39 is 0 Å². The topological polar surface area (TPSA) is 21.3 Å². The SMILES string of the molecule is CC(NCCCF)C1CCOCC1. The number of halogens is 1. The van der Waals surface area contributed by atoms with Crippen LogP contribution in [0.25, 0.3) is 0 Å². The second kappa shape index (κ2) is 6.33. The van der Waals surface area contributed by atoms with Crippen LogP contribution in [0.15, 0.2) is 0 Å². The first kappa shape index (κ1) is 10.9. The molecule has 2 nitrogen and oxygen atoms in total. The van der Waals surface area contributed by atoms with Crippen molar-refractivity contribution in [1.82, 2.24) is 5.32 Å². The van der Waals surface area contributed by atoms with E-state index in [2.05, 4.69) is 12.2 Å². The zero-order valence-corrected chi connectivity index (χ0v) is 8.39. The highest BCUT2D eigenvalue weighted by Crippen LogP contribution is 2.18. The monoisotopic (exact) mass is 189 g/mol. The van der Waals surface area contributed by atoms with Crippen LogP contribution in [0.3, 0.4) is 0 Å². The van der Waals surface area contributed by atoms with Gasteiger partial charge in [-0.3, -0.25) is 4.39 Å². The molecule has 3 heteroatoms. The summed E-state index contributed by atoms with van der Waals surface area (Å²) in [5.74, 6) is 0.716. The lowest BCUT2D eigenvalue weighted by atomic mass is 9.93. The highest BCUT2D eigenvalue weighted by atomic mass is 19.1. The summed E-state index contributed by atoms with van der Waals surface area (Å²) in [6.07, 6.45) is 2.92. The molecule has 1 aliphatic heterocycles. The summed E-state index contributed by atoms with van der Waals surface area (Å²) < 4.78 is 17.1. The molecule has 1 aliphatic rings. The molecule has 0 aromatic carbocycles. The molecule has 0 saturated carbocycles. The van der Waals surface area contributed by atoms with Gasteiger partial charge in [-0.25, -0.2) is 0 Å². The fourth-order valence-electron chi connectivity index (χ4n) is 1.78. The molecule has 0 aliphatic carbocycles. The maximum absolute atomic E-state index is 11.8. The van der Waals surface area contributed by atoms with E-state index in [4.69, 9.17) is 4.74 Å². The number of hydrogen-bond acceptors (Lipinski definition) is 2. The van der Waals surface area contributed by atoms with Crippen molar-refractivity contribution in [3.8, 4) is 0 Å². The lowest BCUT2D eigenvalue weighted by Crippen LogP contribution is -2.37. The van der Waals surface area contributed by atoms with E-state index in [1.807, 2.05) is 0 Å². The maximum Gasteiger partial charge on any atom is 0.0906 e. The van der Waals surface area contributed by atoms with E-state index in [1.54, 1.807) is 0 Å². The standard InChI is InChI=1S/C10H20FNO/c1-9(12-6-2-5-11)10-3-7-13-8-4-10/h9-10,12H,2-8H2,1H3.